The van der Waals surface area contributed by atoms with Crippen molar-refractivity contribution >= 4 is 19.4 Å². The van der Waals surface area contributed by atoms with Crippen LogP contribution in [0.25, 0.3) is 0 Å². The van der Waals surface area contributed by atoms with E-state index in [1.54, 1.807) is 0 Å². The number of carbonyl (C=O) groups is 1. The zero-order valence-electron chi connectivity index (χ0n) is 13.9. The average molecular weight is 278 g/mol. The van der Waals surface area contributed by atoms with E-state index in [9.17, 15) is 4.79 Å². The number of carbonyl (C=O) groups excluding carboxylic acids is 1. The minimum absolute atomic E-state index is 0. The molecule has 1 unspecified atom stereocenters. The van der Waals surface area contributed by atoms with Crippen LogP contribution in [-0.4, -0.2) is 5.52 Å². The molecule has 3 heteroatoms. The summed E-state index contributed by atoms with van der Waals surface area (Å²) in [7, 11) is 0.203. The molecule has 100 valence electrons. The largest absolute Gasteiger partial charge is 1.00 e. The molecule has 0 amide bonds. The number of hydrogen-bond acceptors (Lipinski definition) is 1. The summed E-state index contributed by atoms with van der Waals surface area (Å²) in [5.41, 5.74) is 5.74. The van der Waals surface area contributed by atoms with Crippen LogP contribution in [-0.2, 0) is 0 Å². The van der Waals surface area contributed by atoms with Gasteiger partial charge in [-0.1, -0.05) is 47.5 Å². The summed E-state index contributed by atoms with van der Waals surface area (Å²) in [4.78, 5) is 12.5. The molecule has 0 aliphatic rings. The van der Waals surface area contributed by atoms with Gasteiger partial charge in [0.1, 0.15) is 0 Å². The molecule has 0 bridgehead atoms. The van der Waals surface area contributed by atoms with Gasteiger partial charge in [0.25, 0.3) is 0 Å². The summed E-state index contributed by atoms with van der Waals surface area (Å²) in [5.74, 6) is 0. The van der Waals surface area contributed by atoms with Gasteiger partial charge in [0.05, 0.1) is 0 Å². The summed E-state index contributed by atoms with van der Waals surface area (Å²) in [5, 5.41) is 1.11. The van der Waals surface area contributed by atoms with Gasteiger partial charge in [0.2, 0.25) is 0 Å². The van der Waals surface area contributed by atoms with Crippen molar-refractivity contribution in [3.05, 3.63) is 64.2 Å². The van der Waals surface area contributed by atoms with E-state index >= 15 is 0 Å². The molecule has 0 aromatic heterocycles. The quantitative estimate of drug-likeness (QED) is 0.609. The molecule has 0 aliphatic carbocycles. The fourth-order valence-corrected chi connectivity index (χ4v) is 3.48. The Morgan fingerprint density at radius 1 is 0.900 bits per heavy atom. The standard InChI is InChI=1S/C17H19OP.Li.H/c1-11-5-7-15(8-6-11)19-17(18)16-13(3)9-12(2)10-14(16)4;;/h5-10,19H,1-4H3;;/q;+1;-1. The van der Waals surface area contributed by atoms with Crippen LogP contribution >= 0.6 is 8.58 Å². The first-order chi connectivity index (χ1) is 8.97. The Bertz CT molecular complexity index is 600. The van der Waals surface area contributed by atoms with Gasteiger partial charge < -0.3 is 1.43 Å². The molecule has 0 spiro atoms. The second-order valence-electron chi connectivity index (χ2n) is 5.09. The zero-order chi connectivity index (χ0) is 14.0. The van der Waals surface area contributed by atoms with E-state index < -0.39 is 0 Å². The van der Waals surface area contributed by atoms with Crippen LogP contribution in [0.15, 0.2) is 36.4 Å². The first kappa shape index (κ1) is 17.2. The Labute approximate surface area is 136 Å². The van der Waals surface area contributed by atoms with Crippen molar-refractivity contribution in [1.82, 2.24) is 0 Å². The van der Waals surface area contributed by atoms with E-state index in [-0.39, 0.29) is 34.4 Å². The molecule has 20 heavy (non-hydrogen) atoms. The number of benzene rings is 2. The van der Waals surface area contributed by atoms with Gasteiger partial charge in [0.15, 0.2) is 5.52 Å². The third-order valence-corrected chi connectivity index (χ3v) is 4.31. The Hall–Kier alpha value is -0.863. The predicted molar refractivity (Wildman–Crippen MR) is 85.2 cm³/mol. The normalized spacial score (nSPS) is 10.6. The first-order valence-corrected chi connectivity index (χ1v) is 7.43. The van der Waals surface area contributed by atoms with Gasteiger partial charge in [-0.15, -0.1) is 0 Å². The summed E-state index contributed by atoms with van der Waals surface area (Å²) >= 11 is 0. The van der Waals surface area contributed by atoms with Crippen molar-refractivity contribution < 1.29 is 25.1 Å². The number of rotatable bonds is 3. The maximum atomic E-state index is 12.5. The van der Waals surface area contributed by atoms with E-state index in [1.165, 1.54) is 11.1 Å². The van der Waals surface area contributed by atoms with Crippen molar-refractivity contribution in [2.45, 2.75) is 27.7 Å². The van der Waals surface area contributed by atoms with Crippen molar-refractivity contribution in [3.63, 3.8) is 0 Å². The second kappa shape index (κ2) is 7.23. The van der Waals surface area contributed by atoms with Gasteiger partial charge >= 0.3 is 18.9 Å². The third-order valence-electron chi connectivity index (χ3n) is 3.21. The monoisotopic (exact) mass is 278 g/mol. The molecule has 0 saturated carbocycles. The second-order valence-corrected chi connectivity index (χ2v) is 6.38. The fraction of sp³-hybridized carbons (Fsp3) is 0.235. The van der Waals surface area contributed by atoms with Crippen LogP contribution < -0.4 is 24.2 Å². The average Bonchev–Trinajstić information content (AvgIpc) is 2.30. The molecule has 0 N–H and O–H groups in total. The number of hydrogen-bond donors (Lipinski definition) is 0. The molecule has 0 saturated heterocycles. The van der Waals surface area contributed by atoms with Crippen LogP contribution in [0.3, 0.4) is 0 Å². The van der Waals surface area contributed by atoms with Gasteiger partial charge in [-0.05, 0) is 52.7 Å². The fourth-order valence-electron chi connectivity index (χ4n) is 2.37. The van der Waals surface area contributed by atoms with Crippen LogP contribution in [0, 0.1) is 27.7 Å². The van der Waals surface area contributed by atoms with E-state index in [2.05, 4.69) is 38.1 Å². The zero-order valence-corrected chi connectivity index (χ0v) is 13.9. The molecule has 1 nitrogen and oxygen atoms in total. The van der Waals surface area contributed by atoms with Gasteiger partial charge in [-0.25, -0.2) is 0 Å². The Balaban J connectivity index is 0.00000200. The topological polar surface area (TPSA) is 17.1 Å². The molecule has 2 aromatic rings. The van der Waals surface area contributed by atoms with E-state index in [1.807, 2.05) is 26.0 Å². The maximum Gasteiger partial charge on any atom is 1.00 e. The van der Waals surface area contributed by atoms with E-state index in [4.69, 9.17) is 0 Å². The van der Waals surface area contributed by atoms with Crippen molar-refractivity contribution in [2.75, 3.05) is 0 Å². The molecule has 0 heterocycles. The summed E-state index contributed by atoms with van der Waals surface area (Å²) in [6.07, 6.45) is 0. The summed E-state index contributed by atoms with van der Waals surface area (Å²) in [6, 6.07) is 12.4. The molecule has 2 aromatic carbocycles. The van der Waals surface area contributed by atoms with Crippen molar-refractivity contribution in [3.8, 4) is 0 Å². The molecular formula is C17H20LiOP. The van der Waals surface area contributed by atoms with Crippen LogP contribution in [0.4, 0.5) is 0 Å². The van der Waals surface area contributed by atoms with E-state index in [0.29, 0.717) is 0 Å². The molecule has 2 rings (SSSR count). The van der Waals surface area contributed by atoms with Crippen LogP contribution in [0.5, 0.6) is 0 Å². The Morgan fingerprint density at radius 2 is 1.40 bits per heavy atom. The summed E-state index contributed by atoms with van der Waals surface area (Å²) in [6.45, 7) is 8.17. The first-order valence-electron chi connectivity index (χ1n) is 6.43. The minimum Gasteiger partial charge on any atom is -1.00 e. The van der Waals surface area contributed by atoms with Crippen molar-refractivity contribution in [1.29, 1.82) is 0 Å². The SMILES string of the molecule is Cc1ccc(PC(=O)c2c(C)cc(C)cc2C)cc1.[H-].[Li+]. The minimum atomic E-state index is 0. The van der Waals surface area contributed by atoms with Crippen LogP contribution in [0.2, 0.25) is 0 Å². The predicted octanol–water partition coefficient (Wildman–Crippen LogP) is 1.18. The molecule has 1 atom stereocenters. The molecule has 0 radical (unpaired) electrons. The molecule has 0 fully saturated rings. The van der Waals surface area contributed by atoms with Gasteiger partial charge in [-0.3, -0.25) is 4.79 Å². The maximum absolute atomic E-state index is 12.5. The third kappa shape index (κ3) is 4.06. The smallest absolute Gasteiger partial charge is 1.00 e. The molecule has 0 aliphatic heterocycles. The van der Waals surface area contributed by atoms with Crippen molar-refractivity contribution in [2.24, 2.45) is 0 Å². The Kier molecular flexibility index (Phi) is 6.22. The van der Waals surface area contributed by atoms with Crippen LogP contribution in [0.1, 0.15) is 34.0 Å². The molecular weight excluding hydrogens is 258 g/mol. The van der Waals surface area contributed by atoms with Gasteiger partial charge in [0, 0.05) is 5.56 Å². The van der Waals surface area contributed by atoms with Gasteiger partial charge in [-0.2, -0.15) is 0 Å². The Morgan fingerprint density at radius 3 is 1.90 bits per heavy atom. The van der Waals surface area contributed by atoms with E-state index in [0.717, 1.165) is 22.0 Å². The number of aryl methyl sites for hydroxylation is 4. The summed E-state index contributed by atoms with van der Waals surface area (Å²) < 4.78 is 0.